The Balaban J connectivity index is 4.17. The predicted octanol–water partition coefficient (Wildman–Crippen LogP) is 15.6. The van der Waals surface area contributed by atoms with Crippen molar-refractivity contribution in [1.82, 2.24) is 0 Å². The second-order valence-electron chi connectivity index (χ2n) is 15.3. The number of rotatable bonds is 42. The maximum atomic E-state index is 12.6. The summed E-state index contributed by atoms with van der Waals surface area (Å²) in [6.45, 7) is 7.58. The normalized spacial score (nSPS) is 12.8. The average Bonchev–Trinajstić information content (AvgIpc) is 3.20. The lowest BCUT2D eigenvalue weighted by atomic mass is 10.1. The molecule has 0 bridgehead atoms. The van der Waals surface area contributed by atoms with Gasteiger partial charge in [0.15, 0.2) is 6.10 Å². The molecule has 0 aliphatic rings. The van der Waals surface area contributed by atoms with Gasteiger partial charge in [0.1, 0.15) is 6.61 Å². The molecule has 0 aromatic rings. The van der Waals surface area contributed by atoms with Gasteiger partial charge in [-0.2, -0.15) is 0 Å². The van der Waals surface area contributed by atoms with Crippen LogP contribution in [-0.4, -0.2) is 37.9 Å². The highest BCUT2D eigenvalue weighted by molar-refractivity contribution is 5.70. The van der Waals surface area contributed by atoms with Crippen LogP contribution in [0.4, 0.5) is 0 Å². The van der Waals surface area contributed by atoms with Gasteiger partial charge < -0.3 is 14.2 Å². The van der Waals surface area contributed by atoms with Crippen molar-refractivity contribution in [2.45, 2.75) is 219 Å². The Hall–Kier alpha value is -2.66. The monoisotopic (exact) mass is 781 g/mol. The largest absolute Gasteiger partial charge is 0.462 e. The second kappa shape index (κ2) is 46.7. The Morgan fingerprint density at radius 1 is 0.411 bits per heavy atom. The molecule has 1 unspecified atom stereocenters. The first-order chi connectivity index (χ1) is 27.6. The summed E-state index contributed by atoms with van der Waals surface area (Å²) >= 11 is 0. The number of carbonyl (C=O) groups excluding carboxylic acids is 2. The molecule has 5 heteroatoms. The van der Waals surface area contributed by atoms with Crippen molar-refractivity contribution in [2.75, 3.05) is 19.8 Å². The summed E-state index contributed by atoms with van der Waals surface area (Å²) in [5.41, 5.74) is 0. The number of carbonyl (C=O) groups is 2. The molecule has 5 nitrogen and oxygen atoms in total. The van der Waals surface area contributed by atoms with Gasteiger partial charge in [-0.3, -0.25) is 9.59 Å². The Labute approximate surface area is 347 Å². The van der Waals surface area contributed by atoms with E-state index in [4.69, 9.17) is 14.2 Å². The maximum Gasteiger partial charge on any atom is 0.306 e. The van der Waals surface area contributed by atoms with Crippen molar-refractivity contribution in [3.63, 3.8) is 0 Å². The van der Waals surface area contributed by atoms with Crippen LogP contribution >= 0.6 is 0 Å². The molecule has 0 spiro atoms. The van der Waals surface area contributed by atoms with Crippen LogP contribution in [0.1, 0.15) is 213 Å². The van der Waals surface area contributed by atoms with Crippen LogP contribution in [0.15, 0.2) is 72.9 Å². The molecule has 1 atom stereocenters. The second-order valence-corrected chi connectivity index (χ2v) is 15.3. The summed E-state index contributed by atoms with van der Waals surface area (Å²) in [6.07, 6.45) is 59.1. The molecule has 56 heavy (non-hydrogen) atoms. The number of hydrogen-bond donors (Lipinski definition) is 0. The quantitative estimate of drug-likeness (QED) is 0.0351. The van der Waals surface area contributed by atoms with Crippen LogP contribution < -0.4 is 0 Å². The minimum absolute atomic E-state index is 0.0718. The summed E-state index contributed by atoms with van der Waals surface area (Å²) in [5, 5.41) is 0. The molecule has 0 fully saturated rings. The fraction of sp³-hybridized carbons (Fsp3) is 0.725. The number of hydrogen-bond acceptors (Lipinski definition) is 5. The van der Waals surface area contributed by atoms with Crippen molar-refractivity contribution in [2.24, 2.45) is 0 Å². The van der Waals surface area contributed by atoms with Crippen molar-refractivity contribution < 1.29 is 23.8 Å². The Morgan fingerprint density at radius 2 is 0.839 bits per heavy atom. The molecule has 0 rings (SSSR count). The Bertz CT molecular complexity index is 1020. The van der Waals surface area contributed by atoms with Crippen LogP contribution in [0, 0.1) is 0 Å². The van der Waals surface area contributed by atoms with E-state index in [9.17, 15) is 9.59 Å². The standard InChI is InChI=1S/C51H88O5/c1-4-7-10-13-16-18-20-22-24-25-26-27-28-29-31-33-36-38-41-44-50(52)55-48-49(56-51(53)45-42-39-35-15-12-9-6-3)47-54-46-43-40-37-34-32-30-23-21-19-17-14-11-8-5-2/h7,10-11,14,16,18-19,21-22,24,26-27,49H,4-6,8-9,12-13,15,17,20,23,25,28-48H2,1-3H3/b10-7-,14-11-,18-16-,21-19-,24-22-,27-26-. The molecule has 0 amide bonds. The molecule has 0 aromatic carbocycles. The highest BCUT2D eigenvalue weighted by Crippen LogP contribution is 2.13. The molecule has 0 heterocycles. The van der Waals surface area contributed by atoms with E-state index >= 15 is 0 Å². The molecular formula is C51H88O5. The Morgan fingerprint density at radius 3 is 1.36 bits per heavy atom. The molecule has 0 aliphatic carbocycles. The fourth-order valence-electron chi connectivity index (χ4n) is 6.24. The summed E-state index contributed by atoms with van der Waals surface area (Å²) in [5.74, 6) is -0.426. The van der Waals surface area contributed by atoms with Crippen LogP contribution in [0.25, 0.3) is 0 Å². The number of allylic oxidation sites excluding steroid dienone is 12. The average molecular weight is 781 g/mol. The smallest absolute Gasteiger partial charge is 0.306 e. The zero-order chi connectivity index (χ0) is 40.7. The van der Waals surface area contributed by atoms with E-state index in [1.54, 1.807) is 0 Å². The third kappa shape index (κ3) is 44.1. The van der Waals surface area contributed by atoms with Gasteiger partial charge in [0.2, 0.25) is 0 Å². The minimum atomic E-state index is -0.545. The van der Waals surface area contributed by atoms with Crippen LogP contribution in [0.5, 0.6) is 0 Å². The van der Waals surface area contributed by atoms with Gasteiger partial charge in [0.25, 0.3) is 0 Å². The van der Waals surface area contributed by atoms with E-state index in [1.165, 1.54) is 89.9 Å². The molecule has 0 saturated carbocycles. The van der Waals surface area contributed by atoms with E-state index in [0.29, 0.717) is 19.4 Å². The summed E-state index contributed by atoms with van der Waals surface area (Å²) in [7, 11) is 0. The lowest BCUT2D eigenvalue weighted by molar-refractivity contribution is -0.163. The maximum absolute atomic E-state index is 12.6. The van der Waals surface area contributed by atoms with Crippen LogP contribution in [0.2, 0.25) is 0 Å². The van der Waals surface area contributed by atoms with Crippen molar-refractivity contribution >= 4 is 11.9 Å². The topological polar surface area (TPSA) is 61.8 Å². The lowest BCUT2D eigenvalue weighted by Gasteiger charge is -2.18. The van der Waals surface area contributed by atoms with Crippen LogP contribution in [-0.2, 0) is 23.8 Å². The van der Waals surface area contributed by atoms with Gasteiger partial charge in [-0.25, -0.2) is 0 Å². The highest BCUT2D eigenvalue weighted by Gasteiger charge is 2.17. The van der Waals surface area contributed by atoms with Crippen molar-refractivity contribution in [3.05, 3.63) is 72.9 Å². The SMILES string of the molecule is CC/C=C\C/C=C\C/C=C\C/C=C\CCCCCCCCC(=O)OCC(COCCCCCCCC/C=C\C/C=C\CCC)OC(=O)CCCCCCCCC. The molecule has 322 valence electrons. The van der Waals surface area contributed by atoms with Gasteiger partial charge in [0.05, 0.1) is 6.61 Å². The van der Waals surface area contributed by atoms with Crippen LogP contribution in [0.3, 0.4) is 0 Å². The number of esters is 2. The van der Waals surface area contributed by atoms with E-state index in [1.807, 2.05) is 0 Å². The van der Waals surface area contributed by atoms with Crippen molar-refractivity contribution in [3.8, 4) is 0 Å². The minimum Gasteiger partial charge on any atom is -0.462 e. The molecular weight excluding hydrogens is 693 g/mol. The van der Waals surface area contributed by atoms with E-state index in [2.05, 4.69) is 93.7 Å². The molecule has 0 radical (unpaired) electrons. The third-order valence-electron chi connectivity index (χ3n) is 9.71. The lowest BCUT2D eigenvalue weighted by Crippen LogP contribution is -2.30. The first kappa shape index (κ1) is 53.3. The highest BCUT2D eigenvalue weighted by atomic mass is 16.6. The third-order valence-corrected chi connectivity index (χ3v) is 9.71. The first-order valence-corrected chi connectivity index (χ1v) is 23.5. The summed E-state index contributed by atoms with van der Waals surface area (Å²) in [4.78, 5) is 25.2. The first-order valence-electron chi connectivity index (χ1n) is 23.5. The number of ether oxygens (including phenoxy) is 3. The molecule has 0 aromatic heterocycles. The summed E-state index contributed by atoms with van der Waals surface area (Å²) in [6, 6.07) is 0. The number of unbranched alkanes of at least 4 members (excludes halogenated alkanes) is 19. The van der Waals surface area contributed by atoms with Gasteiger partial charge in [-0.15, -0.1) is 0 Å². The van der Waals surface area contributed by atoms with Gasteiger partial charge in [0, 0.05) is 19.4 Å². The Kier molecular flexibility index (Phi) is 44.5. The van der Waals surface area contributed by atoms with E-state index < -0.39 is 6.10 Å². The molecule has 0 aliphatic heterocycles. The molecule has 0 N–H and O–H groups in total. The summed E-state index contributed by atoms with van der Waals surface area (Å²) < 4.78 is 17.3. The zero-order valence-electron chi connectivity index (χ0n) is 36.9. The van der Waals surface area contributed by atoms with E-state index in [0.717, 1.165) is 89.9 Å². The van der Waals surface area contributed by atoms with Gasteiger partial charge in [-0.05, 0) is 83.5 Å². The molecule has 0 saturated heterocycles. The van der Waals surface area contributed by atoms with E-state index in [-0.39, 0.29) is 25.2 Å². The van der Waals surface area contributed by atoms with Gasteiger partial charge >= 0.3 is 11.9 Å². The fourth-order valence-corrected chi connectivity index (χ4v) is 6.24. The van der Waals surface area contributed by atoms with Crippen molar-refractivity contribution in [1.29, 1.82) is 0 Å². The zero-order valence-corrected chi connectivity index (χ0v) is 36.9. The predicted molar refractivity (Wildman–Crippen MR) is 242 cm³/mol. The van der Waals surface area contributed by atoms with Gasteiger partial charge in [-0.1, -0.05) is 190 Å².